The number of hydrogen-bond acceptors (Lipinski definition) is 5. The van der Waals surface area contributed by atoms with Crippen LogP contribution in [0, 0.1) is 0 Å². The minimum atomic E-state index is -4.05. The fraction of sp³-hybridized carbons (Fsp3) is 0.273. The van der Waals surface area contributed by atoms with Crippen molar-refractivity contribution in [2.45, 2.75) is 43.1 Å². The first-order valence-electron chi connectivity index (χ1n) is 9.97. The zero-order valence-corrected chi connectivity index (χ0v) is 18.2. The predicted molar refractivity (Wildman–Crippen MR) is 120 cm³/mol. The van der Waals surface area contributed by atoms with Gasteiger partial charge in [-0.3, -0.25) is 4.79 Å². The summed E-state index contributed by atoms with van der Waals surface area (Å²) in [5.41, 5.74) is 0.957. The molecule has 0 unspecified atom stereocenters. The Bertz CT molecular complexity index is 1240. The highest BCUT2D eigenvalue weighted by Crippen LogP contribution is 2.34. The van der Waals surface area contributed by atoms with Crippen LogP contribution < -0.4 is 15.2 Å². The number of sulfonamides is 1. The first-order valence-corrected chi connectivity index (χ1v) is 11.9. The minimum Gasteiger partial charge on any atom is -0.474 e. The largest absolute Gasteiger partial charge is 0.474 e. The van der Waals surface area contributed by atoms with Crippen molar-refractivity contribution >= 4 is 44.0 Å². The number of carbonyl (C=O) groups is 1. The second-order valence-corrected chi connectivity index (χ2v) is 9.51. The molecule has 3 N–H and O–H groups in total. The molecule has 1 aliphatic carbocycles. The van der Waals surface area contributed by atoms with E-state index in [4.69, 9.17) is 21.5 Å². The van der Waals surface area contributed by atoms with Gasteiger partial charge in [0.25, 0.3) is 0 Å². The van der Waals surface area contributed by atoms with E-state index in [2.05, 4.69) is 10.3 Å². The number of rotatable bonds is 6. The summed E-state index contributed by atoms with van der Waals surface area (Å²) in [4.78, 5) is 16.8. The topological polar surface area (TPSA) is 111 Å². The number of halogens is 1. The molecule has 2 aromatic carbocycles. The van der Waals surface area contributed by atoms with E-state index in [0.29, 0.717) is 27.2 Å². The summed E-state index contributed by atoms with van der Waals surface area (Å²) in [6.07, 6.45) is 5.60. The second kappa shape index (κ2) is 8.82. The van der Waals surface area contributed by atoms with Crippen molar-refractivity contribution in [3.63, 3.8) is 0 Å². The summed E-state index contributed by atoms with van der Waals surface area (Å²) >= 11 is 6.14. The van der Waals surface area contributed by atoms with E-state index in [9.17, 15) is 13.2 Å². The molecular formula is C22H22ClN3O4S. The third kappa shape index (κ3) is 4.98. The number of pyridine rings is 1. The van der Waals surface area contributed by atoms with Crippen LogP contribution in [0.15, 0.2) is 53.6 Å². The van der Waals surface area contributed by atoms with Gasteiger partial charge in [0, 0.05) is 27.7 Å². The van der Waals surface area contributed by atoms with Gasteiger partial charge in [-0.1, -0.05) is 29.8 Å². The molecule has 0 radical (unpaired) electrons. The van der Waals surface area contributed by atoms with Crippen molar-refractivity contribution in [2.75, 3.05) is 5.32 Å². The van der Waals surface area contributed by atoms with Gasteiger partial charge < -0.3 is 10.1 Å². The number of primary sulfonamides is 1. The molecule has 1 saturated carbocycles. The van der Waals surface area contributed by atoms with E-state index in [-0.39, 0.29) is 29.0 Å². The van der Waals surface area contributed by atoms with Gasteiger partial charge in [0.1, 0.15) is 6.10 Å². The highest BCUT2D eigenvalue weighted by atomic mass is 35.5. The second-order valence-electron chi connectivity index (χ2n) is 7.57. The van der Waals surface area contributed by atoms with Crippen LogP contribution in [-0.4, -0.2) is 25.4 Å². The maximum absolute atomic E-state index is 12.6. The number of fused-ring (bicyclic) bond motifs is 1. The summed E-state index contributed by atoms with van der Waals surface area (Å²) < 4.78 is 30.6. The highest BCUT2D eigenvalue weighted by molar-refractivity contribution is 7.89. The van der Waals surface area contributed by atoms with Gasteiger partial charge in [0.05, 0.1) is 11.3 Å². The molecule has 0 spiro atoms. The summed E-state index contributed by atoms with van der Waals surface area (Å²) in [5, 5.41) is 9.57. The molecule has 1 fully saturated rings. The Labute approximate surface area is 185 Å². The van der Waals surface area contributed by atoms with Crippen molar-refractivity contribution in [3.05, 3.63) is 59.2 Å². The molecule has 31 heavy (non-hydrogen) atoms. The standard InChI is InChI=1S/C22H22ClN3O4S/c23-19-8-4-1-5-14(19)11-21(27)26-15-12-18-17(20(13-15)31(24,28)29)9-10-25-22(18)30-16-6-2-3-7-16/h1,4-5,8-10,12-13,16H,2-3,6-7,11H2,(H,26,27)(H2,24,28,29). The van der Waals surface area contributed by atoms with Crippen molar-refractivity contribution in [1.82, 2.24) is 4.98 Å². The molecular weight excluding hydrogens is 438 g/mol. The van der Waals surface area contributed by atoms with E-state index in [1.807, 2.05) is 0 Å². The van der Waals surface area contributed by atoms with Crippen molar-refractivity contribution in [1.29, 1.82) is 0 Å². The Morgan fingerprint density at radius 2 is 1.90 bits per heavy atom. The Balaban J connectivity index is 1.71. The first-order chi connectivity index (χ1) is 14.8. The van der Waals surface area contributed by atoms with Gasteiger partial charge in [-0.15, -0.1) is 0 Å². The zero-order chi connectivity index (χ0) is 22.0. The SMILES string of the molecule is NS(=O)(=O)c1cc(NC(=O)Cc2ccccc2Cl)cc2c(OC3CCCC3)nccc12. The fourth-order valence-corrected chi connectivity index (χ4v) is 4.79. The average Bonchev–Trinajstić information content (AvgIpc) is 3.22. The Morgan fingerprint density at radius 3 is 2.61 bits per heavy atom. The predicted octanol–water partition coefficient (Wildman–Crippen LogP) is 4.04. The zero-order valence-electron chi connectivity index (χ0n) is 16.7. The number of anilines is 1. The lowest BCUT2D eigenvalue weighted by Gasteiger charge is -2.16. The molecule has 3 aromatic rings. The number of ether oxygens (including phenoxy) is 1. The highest BCUT2D eigenvalue weighted by Gasteiger charge is 2.22. The molecule has 162 valence electrons. The lowest BCUT2D eigenvalue weighted by Crippen LogP contribution is -2.17. The van der Waals surface area contributed by atoms with Crippen LogP contribution in [0.5, 0.6) is 5.88 Å². The van der Waals surface area contributed by atoms with Gasteiger partial charge in [-0.25, -0.2) is 18.5 Å². The van der Waals surface area contributed by atoms with Crippen molar-refractivity contribution < 1.29 is 17.9 Å². The van der Waals surface area contributed by atoms with E-state index in [0.717, 1.165) is 25.7 Å². The molecule has 1 aromatic heterocycles. The molecule has 9 heteroatoms. The van der Waals surface area contributed by atoms with Crippen LogP contribution >= 0.6 is 11.6 Å². The molecule has 0 aliphatic heterocycles. The Kier molecular flexibility index (Phi) is 6.13. The number of nitrogens with two attached hydrogens (primary N) is 1. The Morgan fingerprint density at radius 1 is 1.16 bits per heavy atom. The summed E-state index contributed by atoms with van der Waals surface area (Å²) in [7, 11) is -4.05. The van der Waals surface area contributed by atoms with Gasteiger partial charge in [0.15, 0.2) is 0 Å². The molecule has 1 aliphatic rings. The van der Waals surface area contributed by atoms with Crippen LogP contribution in [0.1, 0.15) is 31.2 Å². The minimum absolute atomic E-state index is 0.0366. The fourth-order valence-electron chi connectivity index (χ4n) is 3.81. The van der Waals surface area contributed by atoms with Crippen molar-refractivity contribution in [3.8, 4) is 5.88 Å². The molecule has 4 rings (SSSR count). The normalized spacial score (nSPS) is 14.6. The number of carbonyl (C=O) groups excluding carboxylic acids is 1. The quantitative estimate of drug-likeness (QED) is 0.577. The molecule has 0 saturated heterocycles. The molecule has 1 amide bonds. The van der Waals surface area contributed by atoms with Gasteiger partial charge in [-0.05, 0) is 55.5 Å². The van der Waals surface area contributed by atoms with Crippen molar-refractivity contribution in [2.24, 2.45) is 5.14 Å². The van der Waals surface area contributed by atoms with Crippen LogP contribution in [0.25, 0.3) is 10.8 Å². The maximum Gasteiger partial charge on any atom is 0.238 e. The average molecular weight is 460 g/mol. The summed E-state index contributed by atoms with van der Waals surface area (Å²) in [6.45, 7) is 0. The first kappa shape index (κ1) is 21.5. The van der Waals surface area contributed by atoms with E-state index in [1.54, 1.807) is 36.4 Å². The monoisotopic (exact) mass is 459 g/mol. The maximum atomic E-state index is 12.6. The van der Waals surface area contributed by atoms with Gasteiger partial charge in [-0.2, -0.15) is 0 Å². The number of aromatic nitrogens is 1. The number of benzene rings is 2. The van der Waals surface area contributed by atoms with E-state index < -0.39 is 10.0 Å². The van der Waals surface area contributed by atoms with E-state index in [1.165, 1.54) is 12.3 Å². The van der Waals surface area contributed by atoms with Crippen LogP contribution in [0.4, 0.5) is 5.69 Å². The van der Waals surface area contributed by atoms with Crippen LogP contribution in [-0.2, 0) is 21.2 Å². The molecule has 0 atom stereocenters. The third-order valence-corrected chi connectivity index (χ3v) is 6.60. The summed E-state index contributed by atoms with van der Waals surface area (Å²) in [5.74, 6) is -0.00789. The number of nitrogens with one attached hydrogen (secondary N) is 1. The van der Waals surface area contributed by atoms with Gasteiger partial charge >= 0.3 is 0 Å². The summed E-state index contributed by atoms with van der Waals surface area (Å²) in [6, 6.07) is 11.6. The number of hydrogen-bond donors (Lipinski definition) is 2. The smallest absolute Gasteiger partial charge is 0.238 e. The van der Waals surface area contributed by atoms with Crippen LogP contribution in [0.2, 0.25) is 5.02 Å². The lowest BCUT2D eigenvalue weighted by molar-refractivity contribution is -0.115. The molecule has 1 heterocycles. The Hall–Kier alpha value is -2.68. The molecule has 0 bridgehead atoms. The van der Waals surface area contributed by atoms with Crippen LogP contribution in [0.3, 0.4) is 0 Å². The lowest BCUT2D eigenvalue weighted by atomic mass is 10.1. The third-order valence-electron chi connectivity index (χ3n) is 5.29. The number of nitrogens with zero attached hydrogens (tertiary/aromatic N) is 1. The van der Waals surface area contributed by atoms with Gasteiger partial charge in [0.2, 0.25) is 21.8 Å². The molecule has 7 nitrogen and oxygen atoms in total. The number of amides is 1. The van der Waals surface area contributed by atoms with E-state index >= 15 is 0 Å².